The van der Waals surface area contributed by atoms with Crippen LogP contribution in [-0.4, -0.2) is 34.6 Å². The van der Waals surface area contributed by atoms with Crippen molar-refractivity contribution in [2.24, 2.45) is 0 Å². The highest BCUT2D eigenvalue weighted by Gasteiger charge is 2.34. The van der Waals surface area contributed by atoms with Crippen molar-refractivity contribution >= 4 is 17.7 Å². The molecule has 134 valence electrons. The Kier molecular flexibility index (Phi) is 4.89. The van der Waals surface area contributed by atoms with E-state index in [0.29, 0.717) is 17.5 Å². The molecule has 0 saturated heterocycles. The second kappa shape index (κ2) is 6.95. The Labute approximate surface area is 150 Å². The van der Waals surface area contributed by atoms with Crippen LogP contribution in [0.2, 0.25) is 0 Å². The quantitative estimate of drug-likeness (QED) is 0.817. The smallest absolute Gasteiger partial charge is 0.277 e. The van der Waals surface area contributed by atoms with Crippen LogP contribution in [0.25, 0.3) is 0 Å². The summed E-state index contributed by atoms with van der Waals surface area (Å²) < 4.78 is 16.6. The van der Waals surface area contributed by atoms with E-state index in [2.05, 4.69) is 15.5 Å². The Hall–Kier alpha value is -2.22. The van der Waals surface area contributed by atoms with Crippen molar-refractivity contribution in [1.82, 2.24) is 15.5 Å². The molecule has 1 N–H and O–H groups in total. The van der Waals surface area contributed by atoms with E-state index in [1.54, 1.807) is 14.0 Å². The van der Waals surface area contributed by atoms with E-state index in [4.69, 9.17) is 13.9 Å². The standard InChI is InChI=1S/C17H21N3O4S/c1-10-19-20-16(23-10)25-9-15(21)18-13-8-17(2,3)24-14-6-5-11(22-4)7-12(13)14/h5-7,13H,8-9H2,1-4H3,(H,18,21)/t13-/m1/s1. The van der Waals surface area contributed by atoms with Gasteiger partial charge in [-0.3, -0.25) is 4.79 Å². The summed E-state index contributed by atoms with van der Waals surface area (Å²) in [5, 5.41) is 11.1. The Morgan fingerprint density at radius 3 is 2.92 bits per heavy atom. The number of nitrogens with zero attached hydrogens (tertiary/aromatic N) is 2. The van der Waals surface area contributed by atoms with Gasteiger partial charge in [0.05, 0.1) is 18.9 Å². The molecule has 1 aliphatic heterocycles. The summed E-state index contributed by atoms with van der Waals surface area (Å²) in [6.07, 6.45) is 0.670. The molecule has 1 aromatic carbocycles. The second-order valence-corrected chi connectivity index (χ2v) is 7.39. The van der Waals surface area contributed by atoms with Gasteiger partial charge in [-0.15, -0.1) is 10.2 Å². The average Bonchev–Trinajstić information content (AvgIpc) is 2.97. The lowest BCUT2D eigenvalue weighted by Gasteiger charge is -2.38. The van der Waals surface area contributed by atoms with Crippen molar-refractivity contribution < 1.29 is 18.7 Å². The molecular weight excluding hydrogens is 342 g/mol. The zero-order chi connectivity index (χ0) is 18.0. The van der Waals surface area contributed by atoms with Gasteiger partial charge in [0.15, 0.2) is 0 Å². The van der Waals surface area contributed by atoms with E-state index in [1.165, 1.54) is 11.8 Å². The number of rotatable bonds is 5. The number of aryl methyl sites for hydroxylation is 1. The normalized spacial score (nSPS) is 18.2. The molecule has 8 heteroatoms. The predicted octanol–water partition coefficient (Wildman–Crippen LogP) is 2.90. The van der Waals surface area contributed by atoms with E-state index in [0.717, 1.165) is 17.1 Å². The minimum Gasteiger partial charge on any atom is -0.497 e. The lowest BCUT2D eigenvalue weighted by atomic mass is 9.89. The number of carbonyl (C=O) groups is 1. The number of hydrogen-bond acceptors (Lipinski definition) is 7. The van der Waals surface area contributed by atoms with Crippen molar-refractivity contribution in [1.29, 1.82) is 0 Å². The van der Waals surface area contributed by atoms with E-state index in [9.17, 15) is 4.79 Å². The molecule has 0 unspecified atom stereocenters. The third-order valence-electron chi connectivity index (χ3n) is 3.84. The Morgan fingerprint density at radius 2 is 2.24 bits per heavy atom. The Morgan fingerprint density at radius 1 is 1.44 bits per heavy atom. The summed E-state index contributed by atoms with van der Waals surface area (Å²) in [4.78, 5) is 12.4. The van der Waals surface area contributed by atoms with Crippen molar-refractivity contribution in [2.45, 2.75) is 44.1 Å². The highest BCUT2D eigenvalue weighted by molar-refractivity contribution is 7.99. The SMILES string of the molecule is COc1ccc2c(c1)[C@H](NC(=O)CSc1nnc(C)o1)CC(C)(C)O2. The summed E-state index contributed by atoms with van der Waals surface area (Å²) in [7, 11) is 1.62. The van der Waals surface area contributed by atoms with Crippen molar-refractivity contribution in [2.75, 3.05) is 12.9 Å². The van der Waals surface area contributed by atoms with Crippen LogP contribution in [-0.2, 0) is 4.79 Å². The number of carbonyl (C=O) groups excluding carboxylic acids is 1. The molecule has 1 aliphatic rings. The third-order valence-corrected chi connectivity index (χ3v) is 4.66. The first-order valence-corrected chi connectivity index (χ1v) is 8.94. The van der Waals surface area contributed by atoms with Crippen LogP contribution in [0, 0.1) is 6.92 Å². The van der Waals surface area contributed by atoms with Crippen LogP contribution in [0.5, 0.6) is 11.5 Å². The number of fused-ring (bicyclic) bond motifs is 1. The molecule has 2 aromatic rings. The van der Waals surface area contributed by atoms with Crippen LogP contribution >= 0.6 is 11.8 Å². The number of methoxy groups -OCH3 is 1. The zero-order valence-corrected chi connectivity index (χ0v) is 15.5. The molecular formula is C17H21N3O4S. The number of ether oxygens (including phenoxy) is 2. The molecule has 1 atom stereocenters. The summed E-state index contributed by atoms with van der Waals surface area (Å²) >= 11 is 1.22. The summed E-state index contributed by atoms with van der Waals surface area (Å²) in [5.41, 5.74) is 0.557. The first kappa shape index (κ1) is 17.6. The van der Waals surface area contributed by atoms with E-state index >= 15 is 0 Å². The van der Waals surface area contributed by atoms with Crippen LogP contribution in [0.15, 0.2) is 27.8 Å². The molecule has 0 spiro atoms. The monoisotopic (exact) mass is 363 g/mol. The van der Waals surface area contributed by atoms with Gasteiger partial charge < -0.3 is 19.2 Å². The molecule has 0 saturated carbocycles. The average molecular weight is 363 g/mol. The molecule has 1 aromatic heterocycles. The van der Waals surface area contributed by atoms with Crippen LogP contribution < -0.4 is 14.8 Å². The third kappa shape index (κ3) is 4.25. The maximum Gasteiger partial charge on any atom is 0.277 e. The van der Waals surface area contributed by atoms with E-state index in [-0.39, 0.29) is 23.3 Å². The predicted molar refractivity (Wildman–Crippen MR) is 93.0 cm³/mol. The van der Waals surface area contributed by atoms with Gasteiger partial charge in [0, 0.05) is 18.9 Å². The van der Waals surface area contributed by atoms with Gasteiger partial charge in [0.2, 0.25) is 11.8 Å². The number of hydrogen-bond donors (Lipinski definition) is 1. The largest absolute Gasteiger partial charge is 0.497 e. The molecule has 0 fully saturated rings. The highest BCUT2D eigenvalue weighted by atomic mass is 32.2. The molecule has 1 amide bonds. The molecule has 2 heterocycles. The van der Waals surface area contributed by atoms with Gasteiger partial charge in [-0.1, -0.05) is 11.8 Å². The second-order valence-electron chi connectivity index (χ2n) is 6.47. The summed E-state index contributed by atoms with van der Waals surface area (Å²) in [6, 6.07) is 5.49. The van der Waals surface area contributed by atoms with E-state index in [1.807, 2.05) is 32.0 Å². The van der Waals surface area contributed by atoms with Crippen molar-refractivity contribution in [3.05, 3.63) is 29.7 Å². The first-order chi connectivity index (χ1) is 11.9. The molecule has 0 radical (unpaired) electrons. The van der Waals surface area contributed by atoms with Gasteiger partial charge in [-0.05, 0) is 32.0 Å². The number of thioether (sulfide) groups is 1. The highest BCUT2D eigenvalue weighted by Crippen LogP contribution is 2.41. The maximum absolute atomic E-state index is 12.4. The Balaban J connectivity index is 1.71. The van der Waals surface area contributed by atoms with Crippen LogP contribution in [0.3, 0.4) is 0 Å². The fourth-order valence-electron chi connectivity index (χ4n) is 2.79. The minimum atomic E-state index is -0.365. The molecule has 3 rings (SSSR count). The summed E-state index contributed by atoms with van der Waals surface area (Å²) in [5.74, 6) is 2.09. The molecule has 0 aliphatic carbocycles. The van der Waals surface area contributed by atoms with Crippen molar-refractivity contribution in [3.8, 4) is 11.5 Å². The number of amides is 1. The van der Waals surface area contributed by atoms with Gasteiger partial charge in [-0.2, -0.15) is 0 Å². The van der Waals surface area contributed by atoms with Gasteiger partial charge in [-0.25, -0.2) is 0 Å². The fourth-order valence-corrected chi connectivity index (χ4v) is 3.40. The molecule has 25 heavy (non-hydrogen) atoms. The lowest BCUT2D eigenvalue weighted by molar-refractivity contribution is -0.119. The lowest BCUT2D eigenvalue weighted by Crippen LogP contribution is -2.41. The maximum atomic E-state index is 12.4. The number of benzene rings is 1. The number of nitrogens with one attached hydrogen (secondary N) is 1. The molecule has 7 nitrogen and oxygen atoms in total. The van der Waals surface area contributed by atoms with Crippen LogP contribution in [0.1, 0.15) is 37.8 Å². The Bertz CT molecular complexity index is 775. The van der Waals surface area contributed by atoms with Crippen molar-refractivity contribution in [3.63, 3.8) is 0 Å². The number of aromatic nitrogens is 2. The van der Waals surface area contributed by atoms with Crippen LogP contribution in [0.4, 0.5) is 0 Å². The van der Waals surface area contributed by atoms with Gasteiger partial charge >= 0.3 is 0 Å². The fraction of sp³-hybridized carbons (Fsp3) is 0.471. The van der Waals surface area contributed by atoms with Gasteiger partial charge in [0.1, 0.15) is 17.1 Å². The van der Waals surface area contributed by atoms with E-state index < -0.39 is 0 Å². The summed E-state index contributed by atoms with van der Waals surface area (Å²) in [6.45, 7) is 5.73. The first-order valence-electron chi connectivity index (χ1n) is 7.95. The molecule has 0 bridgehead atoms. The minimum absolute atomic E-state index is 0.0997. The van der Waals surface area contributed by atoms with Gasteiger partial charge in [0.25, 0.3) is 5.22 Å². The zero-order valence-electron chi connectivity index (χ0n) is 14.7. The topological polar surface area (TPSA) is 86.5 Å².